The molecule has 0 amide bonds. The second-order valence-electron chi connectivity index (χ2n) is 2.93. The van der Waals surface area contributed by atoms with Crippen LogP contribution in [-0.2, 0) is 0 Å². The first-order valence-electron chi connectivity index (χ1n) is 4.03. The molecule has 0 saturated carbocycles. The van der Waals surface area contributed by atoms with E-state index in [2.05, 4.69) is 21.0 Å². The lowest BCUT2D eigenvalue weighted by atomic mass is 10.2. The van der Waals surface area contributed by atoms with Gasteiger partial charge in [0.05, 0.1) is 27.1 Å². The van der Waals surface area contributed by atoms with Gasteiger partial charge in [0.1, 0.15) is 5.82 Å². The summed E-state index contributed by atoms with van der Waals surface area (Å²) in [6, 6.07) is 2.78. The van der Waals surface area contributed by atoms with Crippen LogP contribution < -0.4 is 5.73 Å². The predicted octanol–water partition coefficient (Wildman–Crippen LogP) is 3.01. The van der Waals surface area contributed by atoms with Crippen LogP contribution in [0.25, 0.3) is 5.69 Å². The van der Waals surface area contributed by atoms with Crippen molar-refractivity contribution in [1.29, 1.82) is 0 Å². The quantitative estimate of drug-likeness (QED) is 0.821. The summed E-state index contributed by atoms with van der Waals surface area (Å²) in [7, 11) is 0. The standard InChI is InChI=1S/C9H6BrClFN3/c10-6-1-9(8(13)2-7(6)12)15-4-5(11)3-14-15/h1-4H,13H2. The first kappa shape index (κ1) is 10.4. The van der Waals surface area contributed by atoms with Crippen LogP contribution in [0.15, 0.2) is 29.0 Å². The number of nitrogen functional groups attached to an aromatic ring is 1. The molecular weight excluding hydrogens is 284 g/mol. The normalized spacial score (nSPS) is 10.6. The number of halogens is 3. The molecule has 0 spiro atoms. The number of aromatic nitrogens is 2. The maximum absolute atomic E-state index is 13.1. The SMILES string of the molecule is Nc1cc(F)c(Br)cc1-n1cc(Cl)cn1. The lowest BCUT2D eigenvalue weighted by Crippen LogP contribution is -2.01. The Bertz CT molecular complexity index is 512. The number of rotatable bonds is 1. The molecule has 0 aliphatic heterocycles. The van der Waals surface area contributed by atoms with Crippen molar-refractivity contribution in [2.75, 3.05) is 5.73 Å². The van der Waals surface area contributed by atoms with Gasteiger partial charge in [-0.1, -0.05) is 11.6 Å². The van der Waals surface area contributed by atoms with E-state index in [9.17, 15) is 4.39 Å². The van der Waals surface area contributed by atoms with Crippen LogP contribution in [0.3, 0.4) is 0 Å². The molecule has 0 atom stereocenters. The molecule has 6 heteroatoms. The molecule has 3 nitrogen and oxygen atoms in total. The summed E-state index contributed by atoms with van der Waals surface area (Å²) in [4.78, 5) is 0. The molecule has 1 aromatic heterocycles. The Morgan fingerprint density at radius 3 is 2.80 bits per heavy atom. The van der Waals surface area contributed by atoms with E-state index in [1.54, 1.807) is 12.3 Å². The lowest BCUT2D eigenvalue weighted by molar-refractivity contribution is 0.621. The van der Waals surface area contributed by atoms with Gasteiger partial charge in [0.15, 0.2) is 0 Å². The third kappa shape index (κ3) is 1.98. The number of nitrogens with zero attached hydrogens (tertiary/aromatic N) is 2. The summed E-state index contributed by atoms with van der Waals surface area (Å²) in [5.74, 6) is -0.408. The smallest absolute Gasteiger partial charge is 0.139 e. The van der Waals surface area contributed by atoms with Gasteiger partial charge in [-0.05, 0) is 22.0 Å². The fraction of sp³-hybridized carbons (Fsp3) is 0. The van der Waals surface area contributed by atoms with Crippen molar-refractivity contribution in [3.05, 3.63) is 39.8 Å². The maximum atomic E-state index is 13.1. The largest absolute Gasteiger partial charge is 0.397 e. The number of nitrogens with two attached hydrogens (primary N) is 1. The second kappa shape index (κ2) is 3.83. The maximum Gasteiger partial charge on any atom is 0.139 e. The van der Waals surface area contributed by atoms with Crippen molar-refractivity contribution >= 4 is 33.2 Å². The van der Waals surface area contributed by atoms with Gasteiger partial charge in [-0.3, -0.25) is 0 Å². The molecule has 0 aliphatic rings. The van der Waals surface area contributed by atoms with Gasteiger partial charge in [-0.15, -0.1) is 0 Å². The van der Waals surface area contributed by atoms with Gasteiger partial charge in [-0.2, -0.15) is 5.10 Å². The Hall–Kier alpha value is -1.07. The van der Waals surface area contributed by atoms with Crippen molar-refractivity contribution in [3.63, 3.8) is 0 Å². The monoisotopic (exact) mass is 289 g/mol. The fourth-order valence-electron chi connectivity index (χ4n) is 1.18. The highest BCUT2D eigenvalue weighted by Gasteiger charge is 2.08. The molecule has 0 saturated heterocycles. The second-order valence-corrected chi connectivity index (χ2v) is 4.22. The Morgan fingerprint density at radius 2 is 2.20 bits per heavy atom. The van der Waals surface area contributed by atoms with Crippen LogP contribution in [0.2, 0.25) is 5.02 Å². The van der Waals surface area contributed by atoms with Crippen molar-refractivity contribution in [2.45, 2.75) is 0 Å². The molecule has 1 aromatic carbocycles. The first-order chi connectivity index (χ1) is 7.08. The van der Waals surface area contributed by atoms with Crippen LogP contribution >= 0.6 is 27.5 Å². The van der Waals surface area contributed by atoms with E-state index in [4.69, 9.17) is 17.3 Å². The Labute approximate surface area is 98.8 Å². The Morgan fingerprint density at radius 1 is 1.47 bits per heavy atom. The van der Waals surface area contributed by atoms with Gasteiger partial charge < -0.3 is 5.73 Å². The summed E-state index contributed by atoms with van der Waals surface area (Å²) < 4.78 is 14.9. The summed E-state index contributed by atoms with van der Waals surface area (Å²) in [5, 5.41) is 4.47. The van der Waals surface area contributed by atoms with Crippen LogP contribution in [0, 0.1) is 5.82 Å². The van der Waals surface area contributed by atoms with Crippen molar-refractivity contribution < 1.29 is 4.39 Å². The minimum Gasteiger partial charge on any atom is -0.397 e. The highest BCUT2D eigenvalue weighted by Crippen LogP contribution is 2.25. The summed E-state index contributed by atoms with van der Waals surface area (Å²) in [6.07, 6.45) is 3.08. The number of hydrogen-bond acceptors (Lipinski definition) is 2. The van der Waals surface area contributed by atoms with E-state index in [0.717, 1.165) is 0 Å². The molecule has 2 rings (SSSR count). The molecule has 0 aliphatic carbocycles. The van der Waals surface area contributed by atoms with E-state index in [1.807, 2.05) is 0 Å². The fourth-order valence-corrected chi connectivity index (χ4v) is 1.65. The minimum atomic E-state index is -0.408. The van der Waals surface area contributed by atoms with E-state index >= 15 is 0 Å². The van der Waals surface area contributed by atoms with Crippen molar-refractivity contribution in [1.82, 2.24) is 9.78 Å². The van der Waals surface area contributed by atoms with Crippen molar-refractivity contribution in [3.8, 4) is 5.69 Å². The van der Waals surface area contributed by atoms with Gasteiger partial charge in [-0.25, -0.2) is 9.07 Å². The number of hydrogen-bond donors (Lipinski definition) is 1. The molecule has 1 heterocycles. The molecular formula is C9H6BrClFN3. The van der Waals surface area contributed by atoms with Gasteiger partial charge in [0, 0.05) is 12.3 Å². The molecule has 78 valence electrons. The van der Waals surface area contributed by atoms with Gasteiger partial charge >= 0.3 is 0 Å². The Balaban J connectivity index is 2.58. The molecule has 0 bridgehead atoms. The Kier molecular flexibility index (Phi) is 2.67. The van der Waals surface area contributed by atoms with Crippen LogP contribution in [-0.4, -0.2) is 9.78 Å². The lowest BCUT2D eigenvalue weighted by Gasteiger charge is -2.06. The van der Waals surface area contributed by atoms with E-state index < -0.39 is 5.82 Å². The third-order valence-electron chi connectivity index (χ3n) is 1.87. The minimum absolute atomic E-state index is 0.301. The van der Waals surface area contributed by atoms with Crippen LogP contribution in [0.5, 0.6) is 0 Å². The molecule has 15 heavy (non-hydrogen) atoms. The van der Waals surface area contributed by atoms with Gasteiger partial charge in [0.2, 0.25) is 0 Å². The zero-order valence-corrected chi connectivity index (χ0v) is 9.76. The summed E-state index contributed by atoms with van der Waals surface area (Å²) in [5.41, 5.74) is 6.55. The predicted molar refractivity (Wildman–Crippen MR) is 60.6 cm³/mol. The average molecular weight is 291 g/mol. The highest BCUT2D eigenvalue weighted by molar-refractivity contribution is 9.10. The highest BCUT2D eigenvalue weighted by atomic mass is 79.9. The van der Waals surface area contributed by atoms with Gasteiger partial charge in [0.25, 0.3) is 0 Å². The molecule has 2 N–H and O–H groups in total. The summed E-state index contributed by atoms with van der Waals surface area (Å²) >= 11 is 8.80. The average Bonchev–Trinajstić information content (AvgIpc) is 2.58. The molecule has 0 radical (unpaired) electrons. The van der Waals surface area contributed by atoms with Crippen LogP contribution in [0.1, 0.15) is 0 Å². The third-order valence-corrected chi connectivity index (χ3v) is 2.67. The van der Waals surface area contributed by atoms with Crippen molar-refractivity contribution in [2.24, 2.45) is 0 Å². The van der Waals surface area contributed by atoms with Crippen LogP contribution in [0.4, 0.5) is 10.1 Å². The number of anilines is 1. The zero-order valence-electron chi connectivity index (χ0n) is 7.42. The summed E-state index contributed by atoms with van der Waals surface area (Å²) in [6.45, 7) is 0. The van der Waals surface area contributed by atoms with E-state index in [-0.39, 0.29) is 0 Å². The van der Waals surface area contributed by atoms with E-state index in [1.165, 1.54) is 16.9 Å². The van der Waals surface area contributed by atoms with E-state index in [0.29, 0.717) is 20.9 Å². The molecule has 2 aromatic rings. The molecule has 0 unspecified atom stereocenters. The first-order valence-corrected chi connectivity index (χ1v) is 5.20. The topological polar surface area (TPSA) is 43.8 Å². The number of benzene rings is 1. The molecule has 0 fully saturated rings. The zero-order chi connectivity index (χ0) is 11.0.